The van der Waals surface area contributed by atoms with E-state index < -0.39 is 11.6 Å². The topological polar surface area (TPSA) is 29.9 Å². The summed E-state index contributed by atoms with van der Waals surface area (Å²) in [4.78, 5) is 0. The number of benzene rings is 1. The molecule has 0 radical (unpaired) electrons. The van der Waals surface area contributed by atoms with Crippen molar-refractivity contribution in [3.05, 3.63) is 45.7 Å². The van der Waals surface area contributed by atoms with Gasteiger partial charge in [-0.2, -0.15) is 5.10 Å². The van der Waals surface area contributed by atoms with Crippen LogP contribution in [0.25, 0.3) is 0 Å². The highest BCUT2D eigenvalue weighted by molar-refractivity contribution is 9.10. The zero-order chi connectivity index (χ0) is 14.0. The van der Waals surface area contributed by atoms with Crippen molar-refractivity contribution in [1.29, 1.82) is 0 Å². The van der Waals surface area contributed by atoms with Crippen molar-refractivity contribution in [2.45, 2.75) is 26.9 Å². The summed E-state index contributed by atoms with van der Waals surface area (Å²) >= 11 is 3.46. The van der Waals surface area contributed by atoms with Gasteiger partial charge in [0.15, 0.2) is 11.6 Å². The zero-order valence-corrected chi connectivity index (χ0v) is 12.3. The average molecular weight is 330 g/mol. The third-order valence-corrected chi connectivity index (χ3v) is 3.88. The van der Waals surface area contributed by atoms with Crippen molar-refractivity contribution in [3.63, 3.8) is 0 Å². The highest BCUT2D eigenvalue weighted by atomic mass is 79.9. The molecule has 2 aromatic rings. The van der Waals surface area contributed by atoms with E-state index in [1.54, 1.807) is 0 Å². The van der Waals surface area contributed by atoms with Gasteiger partial charge in [0.25, 0.3) is 0 Å². The third-order valence-electron chi connectivity index (χ3n) is 2.85. The molecule has 1 heterocycles. The molecule has 0 spiro atoms. The molecule has 19 heavy (non-hydrogen) atoms. The van der Waals surface area contributed by atoms with Gasteiger partial charge in [-0.05, 0) is 41.9 Å². The number of hydrogen-bond donors (Lipinski definition) is 1. The maximum Gasteiger partial charge on any atom is 0.181 e. The van der Waals surface area contributed by atoms with Crippen LogP contribution in [0.4, 0.5) is 14.5 Å². The summed E-state index contributed by atoms with van der Waals surface area (Å²) in [5.41, 5.74) is 1.93. The van der Waals surface area contributed by atoms with Crippen LogP contribution in [0.5, 0.6) is 0 Å². The molecule has 1 aromatic heterocycles. The van der Waals surface area contributed by atoms with Crippen molar-refractivity contribution in [3.8, 4) is 0 Å². The molecular weight excluding hydrogens is 316 g/mol. The minimum absolute atomic E-state index is 0.147. The van der Waals surface area contributed by atoms with Crippen molar-refractivity contribution in [2.24, 2.45) is 0 Å². The number of aryl methyl sites for hydroxylation is 2. The Labute approximate surface area is 118 Å². The normalized spacial score (nSPS) is 10.8. The zero-order valence-electron chi connectivity index (χ0n) is 10.7. The van der Waals surface area contributed by atoms with E-state index in [0.717, 1.165) is 28.5 Å². The van der Waals surface area contributed by atoms with Crippen molar-refractivity contribution >= 4 is 21.6 Å². The first-order chi connectivity index (χ1) is 9.04. The van der Waals surface area contributed by atoms with Crippen LogP contribution in [0.15, 0.2) is 22.7 Å². The van der Waals surface area contributed by atoms with Crippen molar-refractivity contribution in [2.75, 3.05) is 5.32 Å². The van der Waals surface area contributed by atoms with Gasteiger partial charge in [-0.15, -0.1) is 0 Å². The van der Waals surface area contributed by atoms with Crippen LogP contribution < -0.4 is 5.32 Å². The first kappa shape index (κ1) is 14.0. The fourth-order valence-corrected chi connectivity index (χ4v) is 2.28. The Morgan fingerprint density at radius 3 is 2.79 bits per heavy atom. The van der Waals surface area contributed by atoms with Gasteiger partial charge < -0.3 is 5.32 Å². The van der Waals surface area contributed by atoms with E-state index in [2.05, 4.69) is 26.3 Å². The second kappa shape index (κ2) is 5.69. The molecule has 0 aliphatic carbocycles. The van der Waals surface area contributed by atoms with E-state index in [9.17, 15) is 8.78 Å². The van der Waals surface area contributed by atoms with E-state index in [0.29, 0.717) is 6.54 Å². The Bertz CT molecular complexity index is 596. The van der Waals surface area contributed by atoms with Gasteiger partial charge in [0.05, 0.1) is 28.1 Å². The molecule has 0 fully saturated rings. The summed E-state index contributed by atoms with van der Waals surface area (Å²) in [6.45, 7) is 4.96. The van der Waals surface area contributed by atoms with Crippen LogP contribution in [0.3, 0.4) is 0 Å². The van der Waals surface area contributed by atoms with Crippen LogP contribution >= 0.6 is 15.9 Å². The summed E-state index contributed by atoms with van der Waals surface area (Å²) in [5.74, 6) is -1.72. The van der Waals surface area contributed by atoms with E-state index in [4.69, 9.17) is 0 Å². The summed E-state index contributed by atoms with van der Waals surface area (Å²) in [7, 11) is 0. The van der Waals surface area contributed by atoms with Gasteiger partial charge in [-0.25, -0.2) is 8.78 Å². The molecule has 0 saturated heterocycles. The first-order valence-electron chi connectivity index (χ1n) is 5.94. The lowest BCUT2D eigenvalue weighted by atomic mass is 10.3. The SMILES string of the molecule is CCn1nc(C)c(Br)c1CNc1cccc(F)c1F. The maximum atomic E-state index is 13.5. The van der Waals surface area contributed by atoms with Gasteiger partial charge in [-0.1, -0.05) is 6.07 Å². The number of anilines is 1. The molecule has 0 bridgehead atoms. The minimum Gasteiger partial charge on any atom is -0.377 e. The van der Waals surface area contributed by atoms with Gasteiger partial charge >= 0.3 is 0 Å². The predicted octanol–water partition coefficient (Wildman–Crippen LogP) is 3.86. The van der Waals surface area contributed by atoms with Crippen LogP contribution in [0.1, 0.15) is 18.3 Å². The predicted molar refractivity (Wildman–Crippen MR) is 74.0 cm³/mol. The lowest BCUT2D eigenvalue weighted by Gasteiger charge is -2.09. The van der Waals surface area contributed by atoms with Crippen molar-refractivity contribution < 1.29 is 8.78 Å². The quantitative estimate of drug-likeness (QED) is 0.922. The van der Waals surface area contributed by atoms with Gasteiger partial charge in [0.2, 0.25) is 0 Å². The van der Waals surface area contributed by atoms with Crippen LogP contribution in [0.2, 0.25) is 0 Å². The first-order valence-corrected chi connectivity index (χ1v) is 6.73. The summed E-state index contributed by atoms with van der Waals surface area (Å²) in [6, 6.07) is 4.07. The van der Waals surface area contributed by atoms with Gasteiger partial charge in [0.1, 0.15) is 0 Å². The number of nitrogens with zero attached hydrogens (tertiary/aromatic N) is 2. The molecule has 102 valence electrons. The Morgan fingerprint density at radius 2 is 2.11 bits per heavy atom. The number of aromatic nitrogens is 2. The molecule has 0 amide bonds. The summed E-state index contributed by atoms with van der Waals surface area (Å²) < 4.78 is 29.3. The second-order valence-electron chi connectivity index (χ2n) is 4.12. The Balaban J connectivity index is 2.21. The maximum absolute atomic E-state index is 13.5. The van der Waals surface area contributed by atoms with E-state index in [1.165, 1.54) is 12.1 Å². The summed E-state index contributed by atoms with van der Waals surface area (Å²) in [5, 5.41) is 7.24. The largest absolute Gasteiger partial charge is 0.377 e. The molecule has 6 heteroatoms. The van der Waals surface area contributed by atoms with Gasteiger partial charge in [-0.3, -0.25) is 4.68 Å². The molecule has 3 nitrogen and oxygen atoms in total. The Morgan fingerprint density at radius 1 is 1.37 bits per heavy atom. The smallest absolute Gasteiger partial charge is 0.181 e. The monoisotopic (exact) mass is 329 g/mol. The molecule has 0 atom stereocenters. The second-order valence-corrected chi connectivity index (χ2v) is 4.91. The standard InChI is InChI=1S/C13H14BrF2N3/c1-3-19-11(12(14)8(2)18-19)7-17-10-6-4-5-9(15)13(10)16/h4-6,17H,3,7H2,1-2H3. The molecule has 2 rings (SSSR count). The molecule has 0 unspecified atom stereocenters. The third kappa shape index (κ3) is 2.78. The van der Waals surface area contributed by atoms with Crippen LogP contribution in [-0.4, -0.2) is 9.78 Å². The molecule has 0 aliphatic heterocycles. The number of nitrogens with one attached hydrogen (secondary N) is 1. The number of rotatable bonds is 4. The van der Waals surface area contributed by atoms with E-state index in [1.807, 2.05) is 18.5 Å². The molecule has 1 aromatic carbocycles. The summed E-state index contributed by atoms with van der Waals surface area (Å²) in [6.07, 6.45) is 0. The molecular formula is C13H14BrF2N3. The number of hydrogen-bond acceptors (Lipinski definition) is 2. The Kier molecular flexibility index (Phi) is 4.19. The fourth-order valence-electron chi connectivity index (χ4n) is 1.86. The lowest BCUT2D eigenvalue weighted by molar-refractivity contribution is 0.510. The van der Waals surface area contributed by atoms with Crippen LogP contribution in [0, 0.1) is 18.6 Å². The highest BCUT2D eigenvalue weighted by Crippen LogP contribution is 2.23. The van der Waals surface area contributed by atoms with Crippen LogP contribution in [-0.2, 0) is 13.1 Å². The molecule has 0 aliphatic rings. The Hall–Kier alpha value is -1.43. The molecule has 0 saturated carbocycles. The minimum atomic E-state index is -0.863. The van der Waals surface area contributed by atoms with Crippen molar-refractivity contribution in [1.82, 2.24) is 9.78 Å². The van der Waals surface area contributed by atoms with E-state index >= 15 is 0 Å². The molecule has 1 N–H and O–H groups in total. The lowest BCUT2D eigenvalue weighted by Crippen LogP contribution is -2.09. The highest BCUT2D eigenvalue weighted by Gasteiger charge is 2.13. The van der Waals surface area contributed by atoms with E-state index in [-0.39, 0.29) is 5.69 Å². The fraction of sp³-hybridized carbons (Fsp3) is 0.308. The average Bonchev–Trinajstić information content (AvgIpc) is 2.67. The van der Waals surface area contributed by atoms with Gasteiger partial charge in [0, 0.05) is 6.54 Å². The number of halogens is 3.